The van der Waals surface area contributed by atoms with E-state index in [2.05, 4.69) is 10.6 Å². The van der Waals surface area contributed by atoms with Crippen LogP contribution in [0.3, 0.4) is 0 Å². The Hall–Kier alpha value is -2.41. The van der Waals surface area contributed by atoms with E-state index in [1.807, 2.05) is 19.9 Å². The first kappa shape index (κ1) is 18.9. The summed E-state index contributed by atoms with van der Waals surface area (Å²) in [5.41, 5.74) is -0.839. The molecule has 1 aromatic rings. The molecule has 136 valence electrons. The summed E-state index contributed by atoms with van der Waals surface area (Å²) >= 11 is 0. The third-order valence-electron chi connectivity index (χ3n) is 4.20. The molecule has 0 bridgehead atoms. The van der Waals surface area contributed by atoms with Crippen LogP contribution < -0.4 is 10.6 Å². The number of ether oxygens (including phenoxy) is 1. The molecule has 7 heteroatoms. The fraction of sp³-hybridized carbons (Fsp3) is 0.500. The molecule has 7 nitrogen and oxygen atoms in total. The van der Waals surface area contributed by atoms with Gasteiger partial charge in [0.2, 0.25) is 11.5 Å². The van der Waals surface area contributed by atoms with E-state index in [-0.39, 0.29) is 18.2 Å². The number of carbonyl (C=O) groups is 3. The van der Waals surface area contributed by atoms with Crippen LogP contribution >= 0.6 is 0 Å². The highest BCUT2D eigenvalue weighted by Gasteiger charge is 2.65. The molecule has 0 aliphatic carbocycles. The van der Waals surface area contributed by atoms with Gasteiger partial charge in [-0.2, -0.15) is 0 Å². The Morgan fingerprint density at radius 2 is 1.88 bits per heavy atom. The molecule has 0 saturated carbocycles. The Labute approximate surface area is 146 Å². The quantitative estimate of drug-likeness (QED) is 0.621. The SMILES string of the molecule is CCC1(C(=O)O)OC1C(=O)N[C@@H](CC(C)C)C(=O)Nc1ccccc1. The summed E-state index contributed by atoms with van der Waals surface area (Å²) in [6.45, 7) is 5.53. The first-order valence-electron chi connectivity index (χ1n) is 8.37. The molecular formula is C18H24N2O5. The van der Waals surface area contributed by atoms with Gasteiger partial charge in [0.15, 0.2) is 6.10 Å². The minimum absolute atomic E-state index is 0.169. The molecule has 1 aromatic carbocycles. The Kier molecular flexibility index (Phi) is 5.79. The molecule has 2 amide bonds. The summed E-state index contributed by atoms with van der Waals surface area (Å²) in [7, 11) is 0. The van der Waals surface area contributed by atoms with Crippen LogP contribution in [0.25, 0.3) is 0 Å². The molecule has 0 spiro atoms. The van der Waals surface area contributed by atoms with Crippen LogP contribution in [0.4, 0.5) is 5.69 Å². The van der Waals surface area contributed by atoms with E-state index in [1.165, 1.54) is 0 Å². The van der Waals surface area contributed by atoms with E-state index in [1.54, 1.807) is 31.2 Å². The predicted octanol–water partition coefficient (Wildman–Crippen LogP) is 1.79. The van der Waals surface area contributed by atoms with Gasteiger partial charge in [-0.25, -0.2) is 4.79 Å². The largest absolute Gasteiger partial charge is 0.479 e. The molecule has 3 N–H and O–H groups in total. The smallest absolute Gasteiger partial charge is 0.339 e. The van der Waals surface area contributed by atoms with Crippen molar-refractivity contribution < 1.29 is 24.2 Å². The summed E-state index contributed by atoms with van der Waals surface area (Å²) in [6.07, 6.45) is -0.441. The molecule has 0 radical (unpaired) electrons. The van der Waals surface area contributed by atoms with Crippen LogP contribution in [0.2, 0.25) is 0 Å². The number of hydrogen-bond donors (Lipinski definition) is 3. The van der Waals surface area contributed by atoms with Gasteiger partial charge in [-0.15, -0.1) is 0 Å². The van der Waals surface area contributed by atoms with Crippen LogP contribution in [-0.4, -0.2) is 40.6 Å². The molecule has 1 fully saturated rings. The Bertz CT molecular complexity index is 646. The third-order valence-corrected chi connectivity index (χ3v) is 4.20. The van der Waals surface area contributed by atoms with Crippen LogP contribution in [0.1, 0.15) is 33.6 Å². The van der Waals surface area contributed by atoms with E-state index in [4.69, 9.17) is 4.74 Å². The number of nitrogens with one attached hydrogen (secondary N) is 2. The fourth-order valence-electron chi connectivity index (χ4n) is 2.73. The molecule has 2 rings (SSSR count). The van der Waals surface area contributed by atoms with Gasteiger partial charge in [0.1, 0.15) is 6.04 Å². The summed E-state index contributed by atoms with van der Waals surface area (Å²) in [5.74, 6) is -1.91. The molecular weight excluding hydrogens is 324 g/mol. The van der Waals surface area contributed by atoms with Crippen molar-refractivity contribution in [3.63, 3.8) is 0 Å². The predicted molar refractivity (Wildman–Crippen MR) is 92.0 cm³/mol. The maximum atomic E-state index is 12.5. The maximum Gasteiger partial charge on any atom is 0.339 e. The molecule has 25 heavy (non-hydrogen) atoms. The standard InChI is InChI=1S/C18H24N2O5/c1-4-18(17(23)24)14(25-18)16(22)20-13(10-11(2)3)15(21)19-12-8-6-5-7-9-12/h5-9,11,13-14H,4,10H2,1-3H3,(H,19,21)(H,20,22)(H,23,24)/t13-,14?,18?/m0/s1. The number of aliphatic carboxylic acids is 1. The van der Waals surface area contributed by atoms with Crippen molar-refractivity contribution in [1.82, 2.24) is 5.32 Å². The highest BCUT2D eigenvalue weighted by Crippen LogP contribution is 2.40. The molecule has 1 aliphatic heterocycles. The van der Waals surface area contributed by atoms with Gasteiger partial charge >= 0.3 is 5.97 Å². The lowest BCUT2D eigenvalue weighted by Gasteiger charge is -2.20. The normalized spacial score (nSPS) is 23.0. The van der Waals surface area contributed by atoms with Gasteiger partial charge in [0, 0.05) is 5.69 Å². The van der Waals surface area contributed by atoms with Gasteiger partial charge < -0.3 is 20.5 Å². The fourth-order valence-corrected chi connectivity index (χ4v) is 2.73. The Morgan fingerprint density at radius 1 is 1.24 bits per heavy atom. The van der Waals surface area contributed by atoms with Crippen molar-refractivity contribution in [3.8, 4) is 0 Å². The van der Waals surface area contributed by atoms with Crippen LogP contribution in [0.5, 0.6) is 0 Å². The van der Waals surface area contributed by atoms with Gasteiger partial charge in [-0.3, -0.25) is 9.59 Å². The number of rotatable bonds is 8. The van der Waals surface area contributed by atoms with E-state index in [9.17, 15) is 19.5 Å². The molecule has 2 unspecified atom stereocenters. The first-order chi connectivity index (χ1) is 11.8. The first-order valence-corrected chi connectivity index (χ1v) is 8.37. The molecule has 1 saturated heterocycles. The number of hydrogen-bond acceptors (Lipinski definition) is 4. The second-order valence-corrected chi connectivity index (χ2v) is 6.59. The highest BCUT2D eigenvalue weighted by atomic mass is 16.6. The summed E-state index contributed by atoms with van der Waals surface area (Å²) in [5, 5.41) is 14.6. The Morgan fingerprint density at radius 3 is 2.36 bits per heavy atom. The van der Waals surface area contributed by atoms with E-state index < -0.39 is 29.6 Å². The zero-order valence-corrected chi connectivity index (χ0v) is 14.6. The van der Waals surface area contributed by atoms with Crippen LogP contribution in [0.15, 0.2) is 30.3 Å². The average Bonchev–Trinajstić information content (AvgIpc) is 3.31. The lowest BCUT2D eigenvalue weighted by molar-refractivity contribution is -0.143. The number of para-hydroxylation sites is 1. The van der Waals surface area contributed by atoms with E-state index in [0.29, 0.717) is 12.1 Å². The lowest BCUT2D eigenvalue weighted by atomic mass is 10.00. The van der Waals surface area contributed by atoms with Crippen molar-refractivity contribution in [3.05, 3.63) is 30.3 Å². The highest BCUT2D eigenvalue weighted by molar-refractivity contribution is 6.00. The van der Waals surface area contributed by atoms with Crippen molar-refractivity contribution in [2.75, 3.05) is 5.32 Å². The minimum atomic E-state index is -1.47. The van der Waals surface area contributed by atoms with Gasteiger partial charge in [0.25, 0.3) is 5.91 Å². The van der Waals surface area contributed by atoms with E-state index in [0.717, 1.165) is 0 Å². The summed E-state index contributed by atoms with van der Waals surface area (Å²) in [4.78, 5) is 36.1. The van der Waals surface area contributed by atoms with Crippen molar-refractivity contribution >= 4 is 23.5 Å². The van der Waals surface area contributed by atoms with Crippen LogP contribution in [-0.2, 0) is 19.1 Å². The van der Waals surface area contributed by atoms with Crippen molar-refractivity contribution in [2.24, 2.45) is 5.92 Å². The van der Waals surface area contributed by atoms with Gasteiger partial charge in [-0.1, -0.05) is 39.0 Å². The zero-order chi connectivity index (χ0) is 18.6. The average molecular weight is 348 g/mol. The number of amides is 2. The molecule has 1 aliphatic rings. The molecule has 0 aromatic heterocycles. The number of benzene rings is 1. The summed E-state index contributed by atoms with van der Waals surface area (Å²) < 4.78 is 5.14. The van der Waals surface area contributed by atoms with Gasteiger partial charge in [0.05, 0.1) is 0 Å². The molecule has 1 heterocycles. The lowest BCUT2D eigenvalue weighted by Crippen LogP contribution is -2.47. The second kappa shape index (κ2) is 7.65. The van der Waals surface area contributed by atoms with Crippen molar-refractivity contribution in [2.45, 2.75) is 51.4 Å². The Balaban J connectivity index is 2.04. The van der Waals surface area contributed by atoms with Crippen LogP contribution in [0, 0.1) is 5.92 Å². The monoisotopic (exact) mass is 348 g/mol. The summed E-state index contributed by atoms with van der Waals surface area (Å²) in [6, 6.07) is 8.17. The number of carboxylic acid groups (broad SMARTS) is 1. The number of carbonyl (C=O) groups excluding carboxylic acids is 2. The topological polar surface area (TPSA) is 108 Å². The van der Waals surface area contributed by atoms with E-state index >= 15 is 0 Å². The second-order valence-electron chi connectivity index (χ2n) is 6.59. The maximum absolute atomic E-state index is 12.5. The van der Waals surface area contributed by atoms with Gasteiger partial charge in [-0.05, 0) is 30.9 Å². The zero-order valence-electron chi connectivity index (χ0n) is 14.6. The molecule has 3 atom stereocenters. The number of carboxylic acids is 1. The third kappa shape index (κ3) is 4.36. The minimum Gasteiger partial charge on any atom is -0.479 e. The number of anilines is 1. The van der Waals surface area contributed by atoms with Crippen molar-refractivity contribution in [1.29, 1.82) is 0 Å². The number of epoxide rings is 1.